The highest BCUT2D eigenvalue weighted by molar-refractivity contribution is 6.04. The number of nitrogens with zero attached hydrogens (tertiary/aromatic N) is 2. The van der Waals surface area contributed by atoms with Gasteiger partial charge in [-0.15, -0.1) is 0 Å². The molecule has 0 aromatic carbocycles. The van der Waals surface area contributed by atoms with Gasteiger partial charge in [0.25, 0.3) is 5.91 Å². The number of hydrogen-bond acceptors (Lipinski definition) is 4. The van der Waals surface area contributed by atoms with Crippen LogP contribution in [-0.4, -0.2) is 54.0 Å². The number of nitrogens with one attached hydrogen (secondary N) is 2. The van der Waals surface area contributed by atoms with Crippen molar-refractivity contribution in [1.82, 2.24) is 20.1 Å². The average Bonchev–Trinajstić information content (AvgIpc) is 2.85. The molecule has 6 heteroatoms. The topological polar surface area (TPSA) is 66.4 Å². The molecule has 1 unspecified atom stereocenters. The van der Waals surface area contributed by atoms with Gasteiger partial charge in [-0.25, -0.2) is 0 Å². The molecule has 0 radical (unpaired) electrons. The molecular formula is C15H24N4O2. The number of hydrogen-bond donors (Lipinski definition) is 2. The Labute approximate surface area is 125 Å². The van der Waals surface area contributed by atoms with Gasteiger partial charge in [0.1, 0.15) is 5.69 Å². The second kappa shape index (κ2) is 7.38. The maximum absolute atomic E-state index is 11.9. The van der Waals surface area contributed by atoms with E-state index in [1.807, 2.05) is 11.9 Å². The standard InChI is InChI=1S/C15H24N4O2/c1-18(10-12-6-3-4-8-16-12)11-14(20)17-15(21)13-7-5-9-19(13)2/h5,7,9,12,16H,3-4,6,8,10-11H2,1-2H3,(H,17,20,21). The third-order valence-corrected chi connectivity index (χ3v) is 3.79. The Bertz CT molecular complexity index is 492. The summed E-state index contributed by atoms with van der Waals surface area (Å²) in [6.07, 6.45) is 5.39. The van der Waals surface area contributed by atoms with Crippen LogP contribution in [0.5, 0.6) is 0 Å². The Kier molecular flexibility index (Phi) is 5.52. The van der Waals surface area contributed by atoms with E-state index in [-0.39, 0.29) is 18.4 Å². The zero-order valence-electron chi connectivity index (χ0n) is 12.8. The average molecular weight is 292 g/mol. The Morgan fingerprint density at radius 3 is 2.90 bits per heavy atom. The van der Waals surface area contributed by atoms with Crippen molar-refractivity contribution in [3.8, 4) is 0 Å². The molecule has 6 nitrogen and oxygen atoms in total. The summed E-state index contributed by atoms with van der Waals surface area (Å²) in [6.45, 7) is 2.11. The van der Waals surface area contributed by atoms with E-state index in [0.29, 0.717) is 11.7 Å². The Morgan fingerprint density at radius 1 is 1.48 bits per heavy atom. The first kappa shape index (κ1) is 15.7. The second-order valence-electron chi connectivity index (χ2n) is 5.73. The van der Waals surface area contributed by atoms with Crippen LogP contribution in [0.15, 0.2) is 18.3 Å². The summed E-state index contributed by atoms with van der Waals surface area (Å²) < 4.78 is 1.69. The lowest BCUT2D eigenvalue weighted by molar-refractivity contribution is -0.121. The number of piperidine rings is 1. The minimum absolute atomic E-state index is 0.230. The summed E-state index contributed by atoms with van der Waals surface area (Å²) in [6, 6.07) is 3.92. The van der Waals surface area contributed by atoms with Crippen molar-refractivity contribution >= 4 is 11.8 Å². The van der Waals surface area contributed by atoms with Crippen LogP contribution in [-0.2, 0) is 11.8 Å². The Balaban J connectivity index is 1.75. The zero-order chi connectivity index (χ0) is 15.2. The number of likely N-dealkylation sites (N-methyl/N-ethyl adjacent to an activating group) is 1. The highest BCUT2D eigenvalue weighted by Gasteiger charge is 2.18. The minimum atomic E-state index is -0.350. The first-order chi connectivity index (χ1) is 10.1. The molecule has 1 fully saturated rings. The van der Waals surface area contributed by atoms with Gasteiger partial charge in [0.2, 0.25) is 5.91 Å². The monoisotopic (exact) mass is 292 g/mol. The molecule has 2 rings (SSSR count). The van der Waals surface area contributed by atoms with Gasteiger partial charge in [0.05, 0.1) is 6.54 Å². The molecule has 1 saturated heterocycles. The van der Waals surface area contributed by atoms with Crippen LogP contribution < -0.4 is 10.6 Å². The fourth-order valence-electron chi connectivity index (χ4n) is 2.69. The number of aryl methyl sites for hydroxylation is 1. The predicted molar refractivity (Wildman–Crippen MR) is 81.0 cm³/mol. The van der Waals surface area contributed by atoms with Crippen molar-refractivity contribution in [2.45, 2.75) is 25.3 Å². The van der Waals surface area contributed by atoms with Crippen molar-refractivity contribution in [1.29, 1.82) is 0 Å². The van der Waals surface area contributed by atoms with Gasteiger partial charge in [-0.05, 0) is 38.6 Å². The SMILES string of the molecule is CN(CC(=O)NC(=O)c1cccn1C)CC1CCCCN1. The molecular weight excluding hydrogens is 268 g/mol. The van der Waals surface area contributed by atoms with E-state index in [2.05, 4.69) is 10.6 Å². The maximum Gasteiger partial charge on any atom is 0.274 e. The summed E-state index contributed by atoms with van der Waals surface area (Å²) in [7, 11) is 3.68. The maximum atomic E-state index is 11.9. The predicted octanol–water partition coefficient (Wildman–Crippen LogP) is 0.355. The molecule has 2 N–H and O–H groups in total. The first-order valence-corrected chi connectivity index (χ1v) is 7.43. The summed E-state index contributed by atoms with van der Waals surface area (Å²) in [5.74, 6) is -0.615. The normalized spacial score (nSPS) is 18.7. The Hall–Kier alpha value is -1.66. The fraction of sp³-hybridized carbons (Fsp3) is 0.600. The van der Waals surface area contributed by atoms with Crippen LogP contribution in [0.1, 0.15) is 29.8 Å². The van der Waals surface area contributed by atoms with E-state index in [1.54, 1.807) is 29.9 Å². The van der Waals surface area contributed by atoms with E-state index in [9.17, 15) is 9.59 Å². The number of carbonyl (C=O) groups excluding carboxylic acids is 2. The smallest absolute Gasteiger partial charge is 0.274 e. The number of imide groups is 1. The lowest BCUT2D eigenvalue weighted by atomic mass is 10.0. The third-order valence-electron chi connectivity index (χ3n) is 3.79. The minimum Gasteiger partial charge on any atom is -0.347 e. The van der Waals surface area contributed by atoms with E-state index in [0.717, 1.165) is 19.5 Å². The summed E-state index contributed by atoms with van der Waals surface area (Å²) in [5, 5.41) is 5.88. The molecule has 116 valence electrons. The zero-order valence-corrected chi connectivity index (χ0v) is 12.8. The lowest BCUT2D eigenvalue weighted by Gasteiger charge is -2.27. The van der Waals surface area contributed by atoms with Gasteiger partial charge in [-0.2, -0.15) is 0 Å². The Morgan fingerprint density at radius 2 is 2.29 bits per heavy atom. The highest BCUT2D eigenvalue weighted by Crippen LogP contribution is 2.07. The van der Waals surface area contributed by atoms with E-state index >= 15 is 0 Å². The van der Waals surface area contributed by atoms with Gasteiger partial charge in [0.15, 0.2) is 0 Å². The van der Waals surface area contributed by atoms with Crippen LogP contribution >= 0.6 is 0 Å². The molecule has 0 saturated carbocycles. The number of aromatic nitrogens is 1. The summed E-state index contributed by atoms with van der Waals surface area (Å²) in [5.41, 5.74) is 0.486. The van der Waals surface area contributed by atoms with Crippen molar-refractivity contribution in [2.24, 2.45) is 7.05 Å². The van der Waals surface area contributed by atoms with E-state index < -0.39 is 0 Å². The van der Waals surface area contributed by atoms with E-state index in [4.69, 9.17) is 0 Å². The van der Waals surface area contributed by atoms with Gasteiger partial charge < -0.3 is 9.88 Å². The van der Waals surface area contributed by atoms with Crippen molar-refractivity contribution in [3.63, 3.8) is 0 Å². The van der Waals surface area contributed by atoms with Gasteiger partial charge in [-0.1, -0.05) is 6.42 Å². The van der Waals surface area contributed by atoms with Crippen LogP contribution in [0, 0.1) is 0 Å². The molecule has 1 aromatic rings. The second-order valence-corrected chi connectivity index (χ2v) is 5.73. The van der Waals surface area contributed by atoms with Crippen molar-refractivity contribution < 1.29 is 9.59 Å². The molecule has 0 spiro atoms. The molecule has 2 heterocycles. The summed E-state index contributed by atoms with van der Waals surface area (Å²) in [4.78, 5) is 25.8. The first-order valence-electron chi connectivity index (χ1n) is 7.43. The third kappa shape index (κ3) is 4.68. The lowest BCUT2D eigenvalue weighted by Crippen LogP contribution is -2.46. The molecule has 1 aromatic heterocycles. The molecule has 1 atom stereocenters. The number of carbonyl (C=O) groups is 2. The van der Waals surface area contributed by atoms with Crippen LogP contribution in [0.25, 0.3) is 0 Å². The highest BCUT2D eigenvalue weighted by atomic mass is 16.2. The molecule has 0 bridgehead atoms. The van der Waals surface area contributed by atoms with Gasteiger partial charge in [-0.3, -0.25) is 19.8 Å². The van der Waals surface area contributed by atoms with E-state index in [1.165, 1.54) is 12.8 Å². The number of rotatable bonds is 5. The molecule has 0 aliphatic carbocycles. The van der Waals surface area contributed by atoms with Crippen molar-refractivity contribution in [3.05, 3.63) is 24.0 Å². The summed E-state index contributed by atoms with van der Waals surface area (Å²) >= 11 is 0. The molecule has 1 aliphatic rings. The van der Waals surface area contributed by atoms with Crippen molar-refractivity contribution in [2.75, 3.05) is 26.7 Å². The van der Waals surface area contributed by atoms with Gasteiger partial charge in [0, 0.05) is 25.8 Å². The quantitative estimate of drug-likeness (QED) is 0.822. The molecule has 21 heavy (non-hydrogen) atoms. The van der Waals surface area contributed by atoms with Gasteiger partial charge >= 0.3 is 0 Å². The van der Waals surface area contributed by atoms with Crippen LogP contribution in [0.3, 0.4) is 0 Å². The largest absolute Gasteiger partial charge is 0.347 e. The molecule has 2 amide bonds. The fourth-order valence-corrected chi connectivity index (χ4v) is 2.69. The number of amides is 2. The van der Waals surface area contributed by atoms with Crippen LogP contribution in [0.4, 0.5) is 0 Å². The molecule has 1 aliphatic heterocycles. The van der Waals surface area contributed by atoms with Crippen LogP contribution in [0.2, 0.25) is 0 Å².